The van der Waals surface area contributed by atoms with E-state index in [1.54, 1.807) is 11.3 Å². The van der Waals surface area contributed by atoms with Crippen molar-refractivity contribution in [2.24, 2.45) is 5.73 Å². The van der Waals surface area contributed by atoms with Crippen molar-refractivity contribution >= 4 is 11.3 Å². The summed E-state index contributed by atoms with van der Waals surface area (Å²) >= 11 is 1.58. The number of thiophene rings is 1. The van der Waals surface area contributed by atoms with Gasteiger partial charge in [-0.25, -0.2) is 0 Å². The zero-order valence-electron chi connectivity index (χ0n) is 6.18. The number of hydrogen-bond acceptors (Lipinski definition) is 5. The largest absolute Gasteiger partial charge is 0.337 e. The molecule has 0 aliphatic heterocycles. The predicted molar refractivity (Wildman–Crippen MR) is 44.6 cm³/mol. The van der Waals surface area contributed by atoms with E-state index in [9.17, 15) is 0 Å². The van der Waals surface area contributed by atoms with E-state index < -0.39 is 0 Å². The van der Waals surface area contributed by atoms with Crippen LogP contribution in [0.25, 0.3) is 0 Å². The van der Waals surface area contributed by atoms with Crippen molar-refractivity contribution in [1.29, 1.82) is 0 Å². The van der Waals surface area contributed by atoms with E-state index in [0.717, 1.165) is 4.88 Å². The van der Waals surface area contributed by atoms with E-state index in [2.05, 4.69) is 10.1 Å². The summed E-state index contributed by atoms with van der Waals surface area (Å²) in [6.07, 6.45) is 1.35. The molecule has 2 rings (SSSR count). The number of nitrogens with two attached hydrogens (primary N) is 1. The molecule has 2 aromatic rings. The molecule has 0 fully saturated rings. The molecule has 4 nitrogen and oxygen atoms in total. The maximum Gasteiger partial charge on any atom is 0.248 e. The Labute approximate surface area is 73.0 Å². The van der Waals surface area contributed by atoms with Gasteiger partial charge in [0.25, 0.3) is 0 Å². The average molecular weight is 181 g/mol. The maximum atomic E-state index is 5.82. The molecule has 0 aromatic carbocycles. The lowest BCUT2D eigenvalue weighted by Gasteiger charge is -2.01. The first-order valence-electron chi connectivity index (χ1n) is 3.43. The van der Waals surface area contributed by atoms with Gasteiger partial charge in [-0.05, 0) is 11.4 Å². The minimum Gasteiger partial charge on any atom is -0.337 e. The molecule has 2 heterocycles. The van der Waals surface area contributed by atoms with Crippen LogP contribution in [0, 0.1) is 0 Å². The van der Waals surface area contributed by atoms with E-state index in [1.165, 1.54) is 6.33 Å². The number of rotatable bonds is 2. The van der Waals surface area contributed by atoms with Gasteiger partial charge in [0, 0.05) is 4.88 Å². The van der Waals surface area contributed by atoms with Gasteiger partial charge in [0.15, 0.2) is 6.33 Å². The first-order chi connectivity index (χ1) is 5.88. The van der Waals surface area contributed by atoms with E-state index in [0.29, 0.717) is 5.89 Å². The molecule has 0 aliphatic rings. The molecule has 0 saturated heterocycles. The van der Waals surface area contributed by atoms with Crippen LogP contribution in [0.2, 0.25) is 0 Å². The second-order valence-electron chi connectivity index (χ2n) is 2.27. The molecule has 0 spiro atoms. The van der Waals surface area contributed by atoms with Gasteiger partial charge < -0.3 is 10.3 Å². The monoisotopic (exact) mass is 181 g/mol. The highest BCUT2D eigenvalue weighted by Gasteiger charge is 2.14. The summed E-state index contributed by atoms with van der Waals surface area (Å²) in [5.74, 6) is 0.456. The highest BCUT2D eigenvalue weighted by atomic mass is 32.1. The molecule has 62 valence electrons. The predicted octanol–water partition coefficient (Wildman–Crippen LogP) is 1.18. The maximum absolute atomic E-state index is 5.82. The number of aromatic nitrogens is 2. The van der Waals surface area contributed by atoms with Gasteiger partial charge in [0.05, 0.1) is 0 Å². The molecule has 5 heteroatoms. The van der Waals surface area contributed by atoms with Gasteiger partial charge >= 0.3 is 0 Å². The summed E-state index contributed by atoms with van der Waals surface area (Å²) in [7, 11) is 0. The van der Waals surface area contributed by atoms with E-state index in [-0.39, 0.29) is 6.04 Å². The van der Waals surface area contributed by atoms with Crippen molar-refractivity contribution in [2.45, 2.75) is 6.04 Å². The van der Waals surface area contributed by atoms with E-state index >= 15 is 0 Å². The lowest BCUT2D eigenvalue weighted by molar-refractivity contribution is 0.367. The fourth-order valence-corrected chi connectivity index (χ4v) is 1.63. The Bertz CT molecular complexity index is 295. The standard InChI is InChI=1S/C7H7N3OS/c8-6(5-2-1-3-12-5)7-9-4-10-11-7/h1-4,6H,8H2. The summed E-state index contributed by atoms with van der Waals surface area (Å²) in [5, 5.41) is 5.46. The van der Waals surface area contributed by atoms with Crippen LogP contribution in [0.4, 0.5) is 0 Å². The minimum absolute atomic E-state index is 0.285. The lowest BCUT2D eigenvalue weighted by Crippen LogP contribution is -2.10. The Morgan fingerprint density at radius 2 is 2.50 bits per heavy atom. The fourth-order valence-electron chi connectivity index (χ4n) is 0.909. The summed E-state index contributed by atoms with van der Waals surface area (Å²) in [4.78, 5) is 4.90. The second-order valence-corrected chi connectivity index (χ2v) is 3.25. The van der Waals surface area contributed by atoms with Crippen LogP contribution in [-0.4, -0.2) is 10.1 Å². The Morgan fingerprint density at radius 3 is 3.08 bits per heavy atom. The quantitative estimate of drug-likeness (QED) is 0.755. The summed E-state index contributed by atoms with van der Waals surface area (Å²) in [6.45, 7) is 0. The molecule has 2 aromatic heterocycles. The van der Waals surface area contributed by atoms with Crippen molar-refractivity contribution in [3.63, 3.8) is 0 Å². The first-order valence-corrected chi connectivity index (χ1v) is 4.31. The third-order valence-corrected chi connectivity index (χ3v) is 2.45. The van der Waals surface area contributed by atoms with Crippen LogP contribution >= 0.6 is 11.3 Å². The highest BCUT2D eigenvalue weighted by molar-refractivity contribution is 7.10. The molecule has 1 unspecified atom stereocenters. The summed E-state index contributed by atoms with van der Waals surface area (Å²) in [6, 6.07) is 3.60. The molecule has 0 bridgehead atoms. The number of nitrogens with zero attached hydrogens (tertiary/aromatic N) is 2. The minimum atomic E-state index is -0.285. The second kappa shape index (κ2) is 3.04. The van der Waals surface area contributed by atoms with Crippen LogP contribution in [0.3, 0.4) is 0 Å². The fraction of sp³-hybridized carbons (Fsp3) is 0.143. The Balaban J connectivity index is 2.27. The van der Waals surface area contributed by atoms with Crippen molar-refractivity contribution in [1.82, 2.24) is 10.1 Å². The third kappa shape index (κ3) is 1.24. The van der Waals surface area contributed by atoms with Crippen LogP contribution in [0.15, 0.2) is 28.4 Å². The molecular weight excluding hydrogens is 174 g/mol. The van der Waals surface area contributed by atoms with Crippen LogP contribution in [0.5, 0.6) is 0 Å². The first kappa shape index (κ1) is 7.45. The van der Waals surface area contributed by atoms with Crippen molar-refractivity contribution in [2.75, 3.05) is 0 Å². The van der Waals surface area contributed by atoms with Crippen molar-refractivity contribution in [3.8, 4) is 0 Å². The Morgan fingerprint density at radius 1 is 1.58 bits per heavy atom. The van der Waals surface area contributed by atoms with Crippen LogP contribution in [-0.2, 0) is 0 Å². The van der Waals surface area contributed by atoms with E-state index in [4.69, 9.17) is 10.3 Å². The Kier molecular flexibility index (Phi) is 1.89. The van der Waals surface area contributed by atoms with Gasteiger partial charge in [-0.2, -0.15) is 4.98 Å². The van der Waals surface area contributed by atoms with Crippen molar-refractivity contribution < 1.29 is 4.52 Å². The van der Waals surface area contributed by atoms with Gasteiger partial charge in [-0.15, -0.1) is 11.3 Å². The highest BCUT2D eigenvalue weighted by Crippen LogP contribution is 2.21. The third-order valence-electron chi connectivity index (χ3n) is 1.49. The van der Waals surface area contributed by atoms with Gasteiger partial charge in [-0.1, -0.05) is 11.2 Å². The van der Waals surface area contributed by atoms with Gasteiger partial charge in [-0.3, -0.25) is 0 Å². The molecule has 0 amide bonds. The van der Waals surface area contributed by atoms with Gasteiger partial charge in [0.1, 0.15) is 6.04 Å². The van der Waals surface area contributed by atoms with Crippen LogP contribution in [0.1, 0.15) is 16.8 Å². The zero-order chi connectivity index (χ0) is 8.39. The smallest absolute Gasteiger partial charge is 0.248 e. The molecule has 1 atom stereocenters. The summed E-state index contributed by atoms with van der Waals surface area (Å²) < 4.78 is 4.84. The Hall–Kier alpha value is -1.20. The molecule has 12 heavy (non-hydrogen) atoms. The lowest BCUT2D eigenvalue weighted by atomic mass is 10.2. The zero-order valence-corrected chi connectivity index (χ0v) is 6.99. The molecule has 0 saturated carbocycles. The topological polar surface area (TPSA) is 64.9 Å². The average Bonchev–Trinajstić information content (AvgIpc) is 2.77. The van der Waals surface area contributed by atoms with E-state index in [1.807, 2.05) is 17.5 Å². The van der Waals surface area contributed by atoms with Crippen molar-refractivity contribution in [3.05, 3.63) is 34.6 Å². The molecule has 0 aliphatic carbocycles. The number of hydrogen-bond donors (Lipinski definition) is 1. The summed E-state index contributed by atoms with van der Waals surface area (Å²) in [5.41, 5.74) is 5.82. The van der Waals surface area contributed by atoms with Crippen LogP contribution < -0.4 is 5.73 Å². The normalized spacial score (nSPS) is 13.1. The molecule has 2 N–H and O–H groups in total. The van der Waals surface area contributed by atoms with Gasteiger partial charge in [0.2, 0.25) is 5.89 Å². The molecule has 0 radical (unpaired) electrons. The SMILES string of the molecule is NC(c1ncno1)c1cccs1. The molecular formula is C7H7N3OS.